The molecule has 28 heavy (non-hydrogen) atoms. The molecule has 7 heteroatoms. The molecule has 1 amide bonds. The third-order valence-corrected chi connectivity index (χ3v) is 7.53. The van der Waals surface area contributed by atoms with Gasteiger partial charge < -0.3 is 9.64 Å². The molecular weight excluding hydrogens is 392 g/mol. The van der Waals surface area contributed by atoms with E-state index in [9.17, 15) is 9.59 Å². The molecule has 1 fully saturated rings. The maximum atomic E-state index is 13.4. The highest BCUT2D eigenvalue weighted by molar-refractivity contribution is 7.10. The van der Waals surface area contributed by atoms with Gasteiger partial charge in [0.15, 0.2) is 0 Å². The molecule has 0 aliphatic carbocycles. The van der Waals surface area contributed by atoms with Crippen LogP contribution < -0.4 is 0 Å². The fraction of sp³-hybridized carbons (Fsp3) is 0.524. The third-order valence-electron chi connectivity index (χ3n) is 5.61. The molecule has 2 aromatic rings. The maximum Gasteiger partial charge on any atom is 0.323 e. The molecule has 2 aliphatic rings. The number of rotatable bonds is 5. The topological polar surface area (TPSA) is 49.9 Å². The zero-order valence-corrected chi connectivity index (χ0v) is 17.8. The van der Waals surface area contributed by atoms with Crippen LogP contribution in [0.1, 0.15) is 47.5 Å². The van der Waals surface area contributed by atoms with Crippen LogP contribution in [0.25, 0.3) is 0 Å². The van der Waals surface area contributed by atoms with Gasteiger partial charge in [0.05, 0.1) is 19.2 Å². The van der Waals surface area contributed by atoms with E-state index in [-0.39, 0.29) is 30.5 Å². The Kier molecular flexibility index (Phi) is 6.13. The van der Waals surface area contributed by atoms with Crippen LogP contribution in [0.15, 0.2) is 29.0 Å². The van der Waals surface area contributed by atoms with E-state index >= 15 is 0 Å². The molecule has 2 atom stereocenters. The van der Waals surface area contributed by atoms with Crippen molar-refractivity contribution in [3.63, 3.8) is 0 Å². The van der Waals surface area contributed by atoms with Crippen molar-refractivity contribution in [2.45, 2.75) is 44.7 Å². The van der Waals surface area contributed by atoms with Crippen LogP contribution in [-0.4, -0.2) is 54.0 Å². The molecule has 0 bridgehead atoms. The smallest absolute Gasteiger partial charge is 0.323 e. The van der Waals surface area contributed by atoms with E-state index in [0.717, 1.165) is 38.8 Å². The first-order chi connectivity index (χ1) is 13.7. The van der Waals surface area contributed by atoms with E-state index in [1.807, 2.05) is 22.8 Å². The van der Waals surface area contributed by atoms with E-state index < -0.39 is 0 Å². The number of esters is 1. The summed E-state index contributed by atoms with van der Waals surface area (Å²) in [5.74, 6) is -0.0879. The van der Waals surface area contributed by atoms with Gasteiger partial charge in [-0.2, -0.15) is 0 Å². The van der Waals surface area contributed by atoms with Crippen molar-refractivity contribution in [3.05, 3.63) is 44.3 Å². The van der Waals surface area contributed by atoms with E-state index in [0.29, 0.717) is 6.61 Å². The second-order valence-electron chi connectivity index (χ2n) is 7.29. The highest BCUT2D eigenvalue weighted by Crippen LogP contribution is 2.39. The number of carbonyl (C=O) groups is 2. The summed E-state index contributed by atoms with van der Waals surface area (Å²) in [6.45, 7) is 3.99. The lowest BCUT2D eigenvalue weighted by atomic mass is 9.98. The van der Waals surface area contributed by atoms with E-state index in [4.69, 9.17) is 4.74 Å². The maximum absolute atomic E-state index is 13.4. The second-order valence-corrected chi connectivity index (χ2v) is 9.27. The Morgan fingerprint density at radius 3 is 2.86 bits per heavy atom. The number of thiophene rings is 2. The first-order valence-electron chi connectivity index (χ1n) is 9.99. The Balaban J connectivity index is 1.54. The van der Waals surface area contributed by atoms with Crippen LogP contribution in [0, 0.1) is 0 Å². The first kappa shape index (κ1) is 19.6. The molecule has 0 saturated carbocycles. The zero-order valence-electron chi connectivity index (χ0n) is 16.1. The van der Waals surface area contributed by atoms with Gasteiger partial charge in [0.25, 0.3) is 0 Å². The highest BCUT2D eigenvalue weighted by atomic mass is 32.1. The number of likely N-dealkylation sites (tertiary alicyclic amines) is 1. The summed E-state index contributed by atoms with van der Waals surface area (Å²) >= 11 is 3.48. The molecule has 150 valence electrons. The molecule has 2 aliphatic heterocycles. The van der Waals surface area contributed by atoms with Crippen molar-refractivity contribution in [3.8, 4) is 0 Å². The van der Waals surface area contributed by atoms with E-state index in [2.05, 4.69) is 22.9 Å². The van der Waals surface area contributed by atoms with Gasteiger partial charge >= 0.3 is 5.97 Å². The van der Waals surface area contributed by atoms with Gasteiger partial charge in [-0.3, -0.25) is 14.5 Å². The van der Waals surface area contributed by atoms with Crippen molar-refractivity contribution < 1.29 is 14.3 Å². The number of carbonyl (C=O) groups excluding carboxylic acids is 2. The summed E-state index contributed by atoms with van der Waals surface area (Å²) in [6.07, 6.45) is 3.71. The number of fused-ring (bicyclic) bond motifs is 1. The van der Waals surface area contributed by atoms with E-state index in [1.165, 1.54) is 15.3 Å². The highest BCUT2D eigenvalue weighted by Gasteiger charge is 2.36. The lowest BCUT2D eigenvalue weighted by Gasteiger charge is -2.39. The van der Waals surface area contributed by atoms with Gasteiger partial charge in [-0.1, -0.05) is 12.5 Å². The molecule has 0 spiro atoms. The zero-order chi connectivity index (χ0) is 19.5. The van der Waals surface area contributed by atoms with Crippen LogP contribution >= 0.6 is 22.7 Å². The quantitative estimate of drug-likeness (QED) is 0.695. The SMILES string of the molecule is CCOC(=O)[C@@H]1CCCCN1CC(=O)N1CCc2sccc2[C@@H]1c1cccs1. The lowest BCUT2D eigenvalue weighted by Crippen LogP contribution is -2.51. The summed E-state index contributed by atoms with van der Waals surface area (Å²) < 4.78 is 5.25. The molecule has 0 N–H and O–H groups in total. The number of piperidine rings is 1. The minimum Gasteiger partial charge on any atom is -0.465 e. The molecule has 2 aromatic heterocycles. The van der Waals surface area contributed by atoms with Gasteiger partial charge in [0.1, 0.15) is 6.04 Å². The first-order valence-corrected chi connectivity index (χ1v) is 11.7. The van der Waals surface area contributed by atoms with Crippen LogP contribution in [0.4, 0.5) is 0 Å². The Labute approximate surface area is 173 Å². The summed E-state index contributed by atoms with van der Waals surface area (Å²) in [6, 6.07) is 6.02. The van der Waals surface area contributed by atoms with Crippen molar-refractivity contribution in [1.29, 1.82) is 0 Å². The van der Waals surface area contributed by atoms with Crippen LogP contribution in [0.3, 0.4) is 0 Å². The number of hydrogen-bond acceptors (Lipinski definition) is 6. The Morgan fingerprint density at radius 2 is 2.07 bits per heavy atom. The second kappa shape index (κ2) is 8.76. The molecular formula is C21H26N2O3S2. The van der Waals surface area contributed by atoms with Crippen molar-refractivity contribution in [1.82, 2.24) is 9.80 Å². The standard InChI is InChI=1S/C21H26N2O3S2/c1-2-26-21(25)16-6-3-4-10-22(16)14-19(24)23-11-8-17-15(9-13-28-17)20(23)18-7-5-12-27-18/h5,7,9,12-13,16,20H,2-4,6,8,10-11,14H2,1H3/t16-,20+/m0/s1. The van der Waals surface area contributed by atoms with Gasteiger partial charge in [-0.15, -0.1) is 22.7 Å². The van der Waals surface area contributed by atoms with Crippen molar-refractivity contribution in [2.24, 2.45) is 0 Å². The average Bonchev–Trinajstić information content (AvgIpc) is 3.39. The fourth-order valence-corrected chi connectivity index (χ4v) is 6.05. The van der Waals surface area contributed by atoms with Gasteiger partial charge in [-0.05, 0) is 61.2 Å². The van der Waals surface area contributed by atoms with Gasteiger partial charge in [0, 0.05) is 16.3 Å². The average molecular weight is 419 g/mol. The van der Waals surface area contributed by atoms with Crippen molar-refractivity contribution in [2.75, 3.05) is 26.2 Å². The minimum absolute atomic E-state index is 0.00617. The molecule has 0 radical (unpaired) electrons. The summed E-state index contributed by atoms with van der Waals surface area (Å²) in [5.41, 5.74) is 1.26. The summed E-state index contributed by atoms with van der Waals surface area (Å²) in [7, 11) is 0. The van der Waals surface area contributed by atoms with E-state index in [1.54, 1.807) is 22.7 Å². The summed E-state index contributed by atoms with van der Waals surface area (Å²) in [5, 5.41) is 4.20. The predicted molar refractivity (Wildman–Crippen MR) is 112 cm³/mol. The summed E-state index contributed by atoms with van der Waals surface area (Å²) in [4.78, 5) is 32.3. The third kappa shape index (κ3) is 3.88. The van der Waals surface area contributed by atoms with Crippen molar-refractivity contribution >= 4 is 34.6 Å². The van der Waals surface area contributed by atoms with Crippen LogP contribution in [0.5, 0.6) is 0 Å². The van der Waals surface area contributed by atoms with Gasteiger partial charge in [-0.25, -0.2) is 0 Å². The number of amides is 1. The lowest BCUT2D eigenvalue weighted by molar-refractivity contribution is -0.152. The number of nitrogens with zero attached hydrogens (tertiary/aromatic N) is 2. The molecule has 1 saturated heterocycles. The molecule has 0 unspecified atom stereocenters. The van der Waals surface area contributed by atoms with Crippen LogP contribution in [0.2, 0.25) is 0 Å². The predicted octanol–water partition coefficient (Wildman–Crippen LogP) is 3.70. The van der Waals surface area contributed by atoms with Crippen LogP contribution in [-0.2, 0) is 20.7 Å². The monoisotopic (exact) mass is 418 g/mol. The number of hydrogen-bond donors (Lipinski definition) is 0. The minimum atomic E-state index is -0.292. The molecule has 4 rings (SSSR count). The largest absolute Gasteiger partial charge is 0.465 e. The molecule has 5 nitrogen and oxygen atoms in total. The van der Waals surface area contributed by atoms with Gasteiger partial charge in [0.2, 0.25) is 5.91 Å². The fourth-order valence-electron chi connectivity index (χ4n) is 4.29. The Bertz CT molecular complexity index is 817. The Morgan fingerprint density at radius 1 is 1.18 bits per heavy atom. The molecule has 0 aromatic carbocycles. The molecule has 4 heterocycles. The normalized spacial score (nSPS) is 22.7. The Hall–Kier alpha value is -1.70. The number of ether oxygens (including phenoxy) is 1.